The summed E-state index contributed by atoms with van der Waals surface area (Å²) >= 11 is 3.44. The van der Waals surface area contributed by atoms with E-state index in [0.717, 1.165) is 40.5 Å². The van der Waals surface area contributed by atoms with Crippen LogP contribution in [0.2, 0.25) is 0 Å². The molecule has 0 atom stereocenters. The fourth-order valence-corrected chi connectivity index (χ4v) is 5.21. The molecule has 0 saturated heterocycles. The summed E-state index contributed by atoms with van der Waals surface area (Å²) in [5, 5.41) is 0.832. The third-order valence-electron chi connectivity index (χ3n) is 5.14. The van der Waals surface area contributed by atoms with Crippen LogP contribution in [-0.2, 0) is 4.79 Å². The Hall–Kier alpha value is -1.60. The summed E-state index contributed by atoms with van der Waals surface area (Å²) in [7, 11) is 4.13. The van der Waals surface area contributed by atoms with E-state index in [-0.39, 0.29) is 18.3 Å². The van der Waals surface area contributed by atoms with Crippen molar-refractivity contribution in [3.05, 3.63) is 53.6 Å². The number of nitrogens with zero attached hydrogens (tertiary/aromatic N) is 3. The van der Waals surface area contributed by atoms with E-state index < -0.39 is 0 Å². The first-order valence-corrected chi connectivity index (χ1v) is 12.3. The van der Waals surface area contributed by atoms with E-state index in [2.05, 4.69) is 69.2 Å². The van der Waals surface area contributed by atoms with E-state index in [4.69, 9.17) is 4.98 Å². The number of thiazole rings is 1. The second-order valence-corrected chi connectivity index (χ2v) is 10.00. The molecule has 1 amide bonds. The number of anilines is 1. The van der Waals surface area contributed by atoms with E-state index in [1.54, 1.807) is 11.3 Å². The van der Waals surface area contributed by atoms with Crippen molar-refractivity contribution >= 4 is 56.8 Å². The third kappa shape index (κ3) is 7.21. The average Bonchev–Trinajstić information content (AvgIpc) is 3.16. The number of hydrogen-bond acceptors (Lipinski definition) is 5. The summed E-state index contributed by atoms with van der Waals surface area (Å²) in [6.07, 6.45) is 2.35. The Morgan fingerprint density at radius 1 is 1.03 bits per heavy atom. The number of hydrogen-bond donors (Lipinski definition) is 0. The molecule has 0 unspecified atom stereocenters. The van der Waals surface area contributed by atoms with Crippen molar-refractivity contribution in [3.63, 3.8) is 0 Å². The maximum atomic E-state index is 13.1. The second-order valence-electron chi connectivity index (χ2n) is 7.82. The number of carbonyl (C=O) groups excluding carboxylic acids is 1. The highest BCUT2D eigenvalue weighted by atomic mass is 35.5. The van der Waals surface area contributed by atoms with Gasteiger partial charge in [0, 0.05) is 17.9 Å². The zero-order valence-corrected chi connectivity index (χ0v) is 21.2. The van der Waals surface area contributed by atoms with Gasteiger partial charge in [-0.3, -0.25) is 9.69 Å². The number of halogens is 1. The molecule has 0 saturated carbocycles. The molecular weight excluding hydrogens is 446 g/mol. The molecule has 0 aliphatic carbocycles. The van der Waals surface area contributed by atoms with E-state index in [1.807, 2.05) is 22.7 Å². The van der Waals surface area contributed by atoms with Gasteiger partial charge in [0.15, 0.2) is 5.13 Å². The standard InChI is InChI=1S/C24H31N3OS2.ClH/c1-18-13-14-21-23(19(18)2)25-24(30-21)27(16-9-15-26(3)4)22(28)12-8-17-29-20-10-6-5-7-11-20;/h5-7,10-11,13-14H,8-9,12,15-17H2,1-4H3;1H. The van der Waals surface area contributed by atoms with E-state index in [9.17, 15) is 4.79 Å². The Labute approximate surface area is 200 Å². The quantitative estimate of drug-likeness (QED) is 0.257. The van der Waals surface area contributed by atoms with Gasteiger partial charge >= 0.3 is 0 Å². The lowest BCUT2D eigenvalue weighted by atomic mass is 10.1. The van der Waals surface area contributed by atoms with Crippen LogP contribution in [-0.4, -0.2) is 48.7 Å². The van der Waals surface area contributed by atoms with Crippen molar-refractivity contribution in [1.29, 1.82) is 0 Å². The molecule has 1 aromatic heterocycles. The molecule has 0 fully saturated rings. The van der Waals surface area contributed by atoms with Crippen molar-refractivity contribution < 1.29 is 4.79 Å². The van der Waals surface area contributed by atoms with Gasteiger partial charge in [-0.15, -0.1) is 24.2 Å². The lowest BCUT2D eigenvalue weighted by molar-refractivity contribution is -0.118. The molecule has 3 rings (SSSR count). The third-order valence-corrected chi connectivity index (χ3v) is 7.28. The number of thioether (sulfide) groups is 1. The second kappa shape index (κ2) is 12.4. The highest BCUT2D eigenvalue weighted by Gasteiger charge is 2.20. The summed E-state index contributed by atoms with van der Waals surface area (Å²) in [6.45, 7) is 5.88. The molecule has 0 bridgehead atoms. The van der Waals surface area contributed by atoms with Crippen LogP contribution in [0.5, 0.6) is 0 Å². The molecule has 0 spiro atoms. The van der Waals surface area contributed by atoms with Crippen molar-refractivity contribution in [2.75, 3.05) is 37.8 Å². The minimum atomic E-state index is 0. The van der Waals surface area contributed by atoms with Gasteiger partial charge in [-0.2, -0.15) is 0 Å². The van der Waals surface area contributed by atoms with Crippen molar-refractivity contribution in [1.82, 2.24) is 9.88 Å². The monoisotopic (exact) mass is 477 g/mol. The van der Waals surface area contributed by atoms with Gasteiger partial charge in [0.2, 0.25) is 5.91 Å². The molecular formula is C24H32ClN3OS2. The van der Waals surface area contributed by atoms with Crippen LogP contribution in [0.25, 0.3) is 10.2 Å². The molecule has 31 heavy (non-hydrogen) atoms. The molecule has 7 heteroatoms. The normalized spacial score (nSPS) is 11.0. The van der Waals surface area contributed by atoms with E-state index in [1.165, 1.54) is 16.0 Å². The number of aryl methyl sites for hydroxylation is 2. The van der Waals surface area contributed by atoms with Crippen LogP contribution in [0.3, 0.4) is 0 Å². The van der Waals surface area contributed by atoms with Crippen LogP contribution in [0.15, 0.2) is 47.4 Å². The Morgan fingerprint density at radius 3 is 2.48 bits per heavy atom. The number of fused-ring (bicyclic) bond motifs is 1. The highest BCUT2D eigenvalue weighted by molar-refractivity contribution is 7.99. The van der Waals surface area contributed by atoms with E-state index in [0.29, 0.717) is 13.0 Å². The minimum absolute atomic E-state index is 0. The largest absolute Gasteiger partial charge is 0.309 e. The van der Waals surface area contributed by atoms with Crippen LogP contribution in [0, 0.1) is 13.8 Å². The molecule has 4 nitrogen and oxygen atoms in total. The number of amides is 1. The van der Waals surface area contributed by atoms with Crippen molar-refractivity contribution in [3.8, 4) is 0 Å². The van der Waals surface area contributed by atoms with Gasteiger partial charge < -0.3 is 4.90 Å². The van der Waals surface area contributed by atoms with Gasteiger partial charge in [0.25, 0.3) is 0 Å². The number of benzene rings is 2. The molecule has 0 aliphatic rings. The van der Waals surface area contributed by atoms with Crippen LogP contribution in [0.1, 0.15) is 30.4 Å². The summed E-state index contributed by atoms with van der Waals surface area (Å²) in [4.78, 5) is 23.3. The smallest absolute Gasteiger partial charge is 0.228 e. The summed E-state index contributed by atoms with van der Waals surface area (Å²) in [5.74, 6) is 1.12. The maximum Gasteiger partial charge on any atom is 0.228 e. The van der Waals surface area contributed by atoms with Crippen molar-refractivity contribution in [2.45, 2.75) is 38.0 Å². The van der Waals surface area contributed by atoms with Crippen LogP contribution in [0.4, 0.5) is 5.13 Å². The summed E-state index contributed by atoms with van der Waals surface area (Å²) in [6, 6.07) is 14.6. The fourth-order valence-electron chi connectivity index (χ4n) is 3.27. The van der Waals surface area contributed by atoms with E-state index >= 15 is 0 Å². The molecule has 2 aromatic carbocycles. The first-order valence-electron chi connectivity index (χ1n) is 10.5. The van der Waals surface area contributed by atoms with Crippen molar-refractivity contribution in [2.24, 2.45) is 0 Å². The lowest BCUT2D eigenvalue weighted by Gasteiger charge is -2.21. The molecule has 0 N–H and O–H groups in total. The summed E-state index contributed by atoms with van der Waals surface area (Å²) < 4.78 is 1.15. The highest BCUT2D eigenvalue weighted by Crippen LogP contribution is 2.32. The predicted octanol–water partition coefficient (Wildman–Crippen LogP) is 6.19. The first kappa shape index (κ1) is 25.7. The summed E-state index contributed by atoms with van der Waals surface area (Å²) in [5.41, 5.74) is 3.47. The number of carbonyl (C=O) groups is 1. The molecule has 3 aromatic rings. The fraction of sp³-hybridized carbons (Fsp3) is 0.417. The Kier molecular flexibility index (Phi) is 10.3. The predicted molar refractivity (Wildman–Crippen MR) is 138 cm³/mol. The molecule has 0 aliphatic heterocycles. The minimum Gasteiger partial charge on any atom is -0.309 e. The zero-order chi connectivity index (χ0) is 21.5. The maximum absolute atomic E-state index is 13.1. The van der Waals surface area contributed by atoms with Gasteiger partial charge in [0.1, 0.15) is 0 Å². The molecule has 168 valence electrons. The van der Waals surface area contributed by atoms with Gasteiger partial charge in [-0.25, -0.2) is 4.98 Å². The average molecular weight is 478 g/mol. The topological polar surface area (TPSA) is 36.4 Å². The van der Waals surface area contributed by atoms with Crippen LogP contribution < -0.4 is 4.90 Å². The Morgan fingerprint density at radius 2 is 1.77 bits per heavy atom. The molecule has 0 radical (unpaired) electrons. The zero-order valence-electron chi connectivity index (χ0n) is 18.8. The van der Waals surface area contributed by atoms with Gasteiger partial charge in [-0.1, -0.05) is 35.6 Å². The van der Waals surface area contributed by atoms with Gasteiger partial charge in [-0.05, 0) is 82.4 Å². The molecule has 1 heterocycles. The van der Waals surface area contributed by atoms with Gasteiger partial charge in [0.05, 0.1) is 10.2 Å². The first-order chi connectivity index (χ1) is 14.5. The Bertz CT molecular complexity index is 976. The number of aromatic nitrogens is 1. The SMILES string of the molecule is Cc1ccc2sc(N(CCCN(C)C)C(=O)CCCSc3ccccc3)nc2c1C.Cl. The lowest BCUT2D eigenvalue weighted by Crippen LogP contribution is -2.33. The Balaban J connectivity index is 0.00000341. The van der Waals surface area contributed by atoms with Crippen LogP contribution >= 0.6 is 35.5 Å². The number of rotatable bonds is 10.